The number of aliphatic hydroxyl groups excluding tert-OH is 1. The number of anilines is 1. The van der Waals surface area contributed by atoms with E-state index in [1.165, 1.54) is 5.56 Å². The summed E-state index contributed by atoms with van der Waals surface area (Å²) in [4.78, 5) is 14.1. The highest BCUT2D eigenvalue weighted by Crippen LogP contribution is 2.20. The molecule has 1 atom stereocenters. The van der Waals surface area contributed by atoms with Gasteiger partial charge >= 0.3 is 6.03 Å². The van der Waals surface area contributed by atoms with Crippen LogP contribution in [0.4, 0.5) is 10.5 Å². The van der Waals surface area contributed by atoms with Gasteiger partial charge in [0, 0.05) is 38.5 Å². The molecular weight excluding hydrogens is 278 g/mol. The summed E-state index contributed by atoms with van der Waals surface area (Å²) in [7, 11) is 3.99. The van der Waals surface area contributed by atoms with Gasteiger partial charge in [0.2, 0.25) is 0 Å². The highest BCUT2D eigenvalue weighted by Gasteiger charge is 2.23. The fourth-order valence-corrected chi connectivity index (χ4v) is 2.31. The standard InChI is InChI=1S/C17H29N3O2/c1-6-17(3,9-10-21)19-16(22)18-12-14-8-7-13(2)11-15(14)20(4)5/h7-8,11,21H,6,9-10,12H2,1-5H3,(H2,18,19,22). The molecule has 0 aliphatic heterocycles. The average Bonchev–Trinajstić information content (AvgIpc) is 2.46. The second kappa shape index (κ2) is 8.03. The topological polar surface area (TPSA) is 64.6 Å². The van der Waals surface area contributed by atoms with Crippen molar-refractivity contribution in [2.45, 2.75) is 45.7 Å². The predicted molar refractivity (Wildman–Crippen MR) is 91.3 cm³/mol. The number of aryl methyl sites for hydroxylation is 1. The van der Waals surface area contributed by atoms with Gasteiger partial charge in [-0.05, 0) is 43.9 Å². The lowest BCUT2D eigenvalue weighted by Crippen LogP contribution is -2.50. The molecule has 1 aromatic carbocycles. The summed E-state index contributed by atoms with van der Waals surface area (Å²) >= 11 is 0. The predicted octanol–water partition coefficient (Wildman–Crippen LogP) is 2.41. The fourth-order valence-electron chi connectivity index (χ4n) is 2.31. The van der Waals surface area contributed by atoms with Crippen molar-refractivity contribution in [3.8, 4) is 0 Å². The van der Waals surface area contributed by atoms with Crippen LogP contribution in [0.5, 0.6) is 0 Å². The molecule has 0 saturated heterocycles. The number of rotatable bonds is 7. The highest BCUT2D eigenvalue weighted by atomic mass is 16.3. The van der Waals surface area contributed by atoms with Gasteiger partial charge in [-0.15, -0.1) is 0 Å². The Balaban J connectivity index is 2.68. The molecule has 1 unspecified atom stereocenters. The molecule has 0 aliphatic rings. The van der Waals surface area contributed by atoms with Crippen molar-refractivity contribution in [2.24, 2.45) is 0 Å². The molecule has 22 heavy (non-hydrogen) atoms. The van der Waals surface area contributed by atoms with Gasteiger partial charge in [-0.2, -0.15) is 0 Å². The fraction of sp³-hybridized carbons (Fsp3) is 0.588. The van der Waals surface area contributed by atoms with Crippen molar-refractivity contribution in [2.75, 3.05) is 25.6 Å². The molecule has 5 nitrogen and oxygen atoms in total. The Morgan fingerprint density at radius 1 is 1.36 bits per heavy atom. The van der Waals surface area contributed by atoms with Gasteiger partial charge in [0.05, 0.1) is 0 Å². The first-order valence-electron chi connectivity index (χ1n) is 7.75. The summed E-state index contributed by atoms with van der Waals surface area (Å²) in [5.41, 5.74) is 3.00. The molecule has 5 heteroatoms. The summed E-state index contributed by atoms with van der Waals surface area (Å²) < 4.78 is 0. The number of hydrogen-bond donors (Lipinski definition) is 3. The molecule has 0 spiro atoms. The lowest BCUT2D eigenvalue weighted by Gasteiger charge is -2.29. The second-order valence-corrected chi connectivity index (χ2v) is 6.22. The largest absolute Gasteiger partial charge is 0.396 e. The van der Waals surface area contributed by atoms with E-state index in [-0.39, 0.29) is 18.2 Å². The molecule has 124 valence electrons. The number of hydrogen-bond acceptors (Lipinski definition) is 3. The molecule has 0 bridgehead atoms. The van der Waals surface area contributed by atoms with Gasteiger partial charge in [-0.25, -0.2) is 4.79 Å². The van der Waals surface area contributed by atoms with Crippen LogP contribution in [0, 0.1) is 6.92 Å². The number of carbonyl (C=O) groups is 1. The Labute approximate surface area is 133 Å². The molecule has 0 aromatic heterocycles. The van der Waals surface area contributed by atoms with E-state index < -0.39 is 0 Å². The zero-order valence-corrected chi connectivity index (χ0v) is 14.4. The van der Waals surface area contributed by atoms with Gasteiger partial charge < -0.3 is 20.6 Å². The van der Waals surface area contributed by atoms with Crippen LogP contribution in [0.1, 0.15) is 37.8 Å². The smallest absolute Gasteiger partial charge is 0.315 e. The van der Waals surface area contributed by atoms with Crippen molar-refractivity contribution in [1.29, 1.82) is 0 Å². The third-order valence-electron chi connectivity index (χ3n) is 4.02. The summed E-state index contributed by atoms with van der Waals surface area (Å²) in [6.45, 7) is 6.53. The van der Waals surface area contributed by atoms with Gasteiger partial charge in [0.25, 0.3) is 0 Å². The van der Waals surface area contributed by atoms with Crippen molar-refractivity contribution in [1.82, 2.24) is 10.6 Å². The number of nitrogens with one attached hydrogen (secondary N) is 2. The van der Waals surface area contributed by atoms with Gasteiger partial charge in [-0.3, -0.25) is 0 Å². The SMILES string of the molecule is CCC(C)(CCO)NC(=O)NCc1ccc(C)cc1N(C)C. The maximum atomic E-state index is 12.1. The maximum Gasteiger partial charge on any atom is 0.315 e. The zero-order chi connectivity index (χ0) is 16.8. The van der Waals surface area contributed by atoms with Crippen LogP contribution in [0.25, 0.3) is 0 Å². The summed E-state index contributed by atoms with van der Waals surface area (Å²) in [5, 5.41) is 15.0. The Morgan fingerprint density at radius 3 is 2.59 bits per heavy atom. The van der Waals surface area contributed by atoms with E-state index in [4.69, 9.17) is 5.11 Å². The third kappa shape index (κ3) is 5.22. The minimum atomic E-state index is -0.378. The van der Waals surface area contributed by atoms with E-state index in [1.54, 1.807) is 0 Å². The number of urea groups is 1. The lowest BCUT2D eigenvalue weighted by atomic mass is 9.95. The monoisotopic (exact) mass is 307 g/mol. The van der Waals surface area contributed by atoms with E-state index in [2.05, 4.69) is 23.6 Å². The van der Waals surface area contributed by atoms with Crippen LogP contribution in [0.15, 0.2) is 18.2 Å². The van der Waals surface area contributed by atoms with Gasteiger partial charge in [-0.1, -0.05) is 19.1 Å². The number of carbonyl (C=O) groups excluding carboxylic acids is 1. The molecule has 0 heterocycles. The van der Waals surface area contributed by atoms with E-state index in [0.717, 1.165) is 17.7 Å². The molecule has 0 fully saturated rings. The van der Waals surface area contributed by atoms with E-state index in [0.29, 0.717) is 13.0 Å². The van der Waals surface area contributed by atoms with Crippen LogP contribution >= 0.6 is 0 Å². The third-order valence-corrected chi connectivity index (χ3v) is 4.02. The molecule has 0 radical (unpaired) electrons. The number of amides is 2. The molecule has 1 rings (SSSR count). The first-order chi connectivity index (χ1) is 10.3. The second-order valence-electron chi connectivity index (χ2n) is 6.22. The lowest BCUT2D eigenvalue weighted by molar-refractivity contribution is 0.200. The number of nitrogens with zero attached hydrogens (tertiary/aromatic N) is 1. The summed E-state index contributed by atoms with van der Waals surface area (Å²) in [6.07, 6.45) is 1.32. The normalized spacial score (nSPS) is 13.4. The van der Waals surface area contributed by atoms with Crippen LogP contribution in [0.3, 0.4) is 0 Å². The molecule has 1 aromatic rings. The van der Waals surface area contributed by atoms with Crippen molar-refractivity contribution in [3.05, 3.63) is 29.3 Å². The Morgan fingerprint density at radius 2 is 2.05 bits per heavy atom. The Hall–Kier alpha value is -1.75. The molecule has 3 N–H and O–H groups in total. The van der Waals surface area contributed by atoms with Gasteiger partial charge in [0.1, 0.15) is 0 Å². The molecule has 0 saturated carbocycles. The molecule has 2 amide bonds. The van der Waals surface area contributed by atoms with E-state index in [9.17, 15) is 4.79 Å². The highest BCUT2D eigenvalue weighted by molar-refractivity contribution is 5.75. The summed E-state index contributed by atoms with van der Waals surface area (Å²) in [5.74, 6) is 0. The summed E-state index contributed by atoms with van der Waals surface area (Å²) in [6, 6.07) is 5.99. The first-order valence-corrected chi connectivity index (χ1v) is 7.75. The quantitative estimate of drug-likeness (QED) is 0.725. The van der Waals surface area contributed by atoms with Crippen molar-refractivity contribution >= 4 is 11.7 Å². The van der Waals surface area contributed by atoms with Gasteiger partial charge in [0.15, 0.2) is 0 Å². The zero-order valence-electron chi connectivity index (χ0n) is 14.4. The van der Waals surface area contributed by atoms with E-state index in [1.807, 2.05) is 45.0 Å². The molecule has 0 aliphatic carbocycles. The molecular formula is C17H29N3O2. The number of benzene rings is 1. The minimum absolute atomic E-state index is 0.0629. The maximum absolute atomic E-state index is 12.1. The Kier molecular flexibility index (Phi) is 6.68. The minimum Gasteiger partial charge on any atom is -0.396 e. The number of aliphatic hydroxyl groups is 1. The van der Waals surface area contributed by atoms with E-state index >= 15 is 0 Å². The van der Waals surface area contributed by atoms with Crippen LogP contribution in [0.2, 0.25) is 0 Å². The van der Waals surface area contributed by atoms with Crippen molar-refractivity contribution < 1.29 is 9.90 Å². The van der Waals surface area contributed by atoms with Crippen LogP contribution < -0.4 is 15.5 Å². The van der Waals surface area contributed by atoms with Crippen LogP contribution in [-0.4, -0.2) is 37.4 Å². The van der Waals surface area contributed by atoms with Crippen molar-refractivity contribution in [3.63, 3.8) is 0 Å². The average molecular weight is 307 g/mol. The Bertz CT molecular complexity index is 503. The first kappa shape index (κ1) is 18.3. The van der Waals surface area contributed by atoms with Crippen LogP contribution in [-0.2, 0) is 6.54 Å².